The maximum atomic E-state index is 13.1. The highest BCUT2D eigenvalue weighted by molar-refractivity contribution is 5.78. The summed E-state index contributed by atoms with van der Waals surface area (Å²) in [5, 5.41) is 0. The lowest BCUT2D eigenvalue weighted by atomic mass is 9.93. The molecular weight excluding hydrogens is 307 g/mol. The molecule has 1 aromatic carbocycles. The molecule has 0 spiro atoms. The first-order chi connectivity index (χ1) is 11.7. The van der Waals surface area contributed by atoms with Crippen molar-refractivity contribution in [2.75, 3.05) is 32.8 Å². The van der Waals surface area contributed by atoms with E-state index in [-0.39, 0.29) is 11.7 Å². The Hall–Kier alpha value is -1.46. The van der Waals surface area contributed by atoms with E-state index in [1.54, 1.807) is 12.1 Å². The van der Waals surface area contributed by atoms with Crippen LogP contribution >= 0.6 is 0 Å². The first-order valence-electron chi connectivity index (χ1n) is 9.06. The molecule has 24 heavy (non-hydrogen) atoms. The normalized spacial score (nSPS) is 20.0. The Morgan fingerprint density at radius 3 is 2.46 bits per heavy atom. The van der Waals surface area contributed by atoms with Gasteiger partial charge in [0.15, 0.2) is 0 Å². The molecule has 3 rings (SSSR count). The van der Waals surface area contributed by atoms with Gasteiger partial charge in [-0.2, -0.15) is 0 Å². The molecule has 132 valence electrons. The highest BCUT2D eigenvalue weighted by Gasteiger charge is 2.27. The molecule has 1 aromatic rings. The molecule has 1 aliphatic carbocycles. The molecule has 1 heterocycles. The number of benzene rings is 1. The average molecular weight is 334 g/mol. The van der Waals surface area contributed by atoms with E-state index in [1.807, 2.05) is 4.90 Å². The van der Waals surface area contributed by atoms with Crippen LogP contribution in [0.1, 0.15) is 37.7 Å². The van der Waals surface area contributed by atoms with E-state index < -0.39 is 0 Å². The summed E-state index contributed by atoms with van der Waals surface area (Å²) < 4.78 is 18.5. The van der Waals surface area contributed by atoms with Gasteiger partial charge >= 0.3 is 0 Å². The molecule has 4 nitrogen and oxygen atoms in total. The van der Waals surface area contributed by atoms with Gasteiger partial charge in [0, 0.05) is 25.7 Å². The highest BCUT2D eigenvalue weighted by atomic mass is 19.1. The van der Waals surface area contributed by atoms with Crippen molar-refractivity contribution in [2.45, 2.75) is 44.7 Å². The lowest BCUT2D eigenvalue weighted by Gasteiger charge is -2.36. The van der Waals surface area contributed by atoms with Gasteiger partial charge in [-0.15, -0.1) is 0 Å². The third-order valence-electron chi connectivity index (χ3n) is 5.06. The van der Waals surface area contributed by atoms with Crippen molar-refractivity contribution < 1.29 is 13.9 Å². The van der Waals surface area contributed by atoms with E-state index in [2.05, 4.69) is 4.90 Å². The third kappa shape index (κ3) is 4.77. The molecule has 1 saturated heterocycles. The van der Waals surface area contributed by atoms with Crippen molar-refractivity contribution in [3.63, 3.8) is 0 Å². The van der Waals surface area contributed by atoms with Gasteiger partial charge < -0.3 is 9.64 Å². The minimum atomic E-state index is -0.234. The number of halogens is 1. The van der Waals surface area contributed by atoms with Crippen LogP contribution in [0.3, 0.4) is 0 Å². The smallest absolute Gasteiger partial charge is 0.237 e. The Morgan fingerprint density at radius 2 is 1.79 bits per heavy atom. The molecule has 1 aliphatic heterocycles. The van der Waals surface area contributed by atoms with Crippen molar-refractivity contribution in [3.8, 4) is 0 Å². The number of nitrogens with zero attached hydrogens (tertiary/aromatic N) is 2. The topological polar surface area (TPSA) is 32.8 Å². The van der Waals surface area contributed by atoms with Gasteiger partial charge in [0.2, 0.25) is 5.91 Å². The van der Waals surface area contributed by atoms with E-state index in [0.29, 0.717) is 32.3 Å². The van der Waals surface area contributed by atoms with Crippen LogP contribution in [0.25, 0.3) is 0 Å². The maximum Gasteiger partial charge on any atom is 0.237 e. The first kappa shape index (κ1) is 17.4. The molecule has 1 saturated carbocycles. The molecule has 1 amide bonds. The molecule has 0 bridgehead atoms. The van der Waals surface area contributed by atoms with Crippen LogP contribution in [-0.2, 0) is 16.1 Å². The molecule has 0 N–H and O–H groups in total. The minimum Gasteiger partial charge on any atom is -0.379 e. The molecular formula is C19H27FN2O2. The van der Waals surface area contributed by atoms with Gasteiger partial charge in [-0.1, -0.05) is 31.4 Å². The zero-order valence-corrected chi connectivity index (χ0v) is 14.3. The van der Waals surface area contributed by atoms with E-state index in [1.165, 1.54) is 31.4 Å². The van der Waals surface area contributed by atoms with Crippen LogP contribution in [0.15, 0.2) is 24.3 Å². The van der Waals surface area contributed by atoms with E-state index in [9.17, 15) is 9.18 Å². The van der Waals surface area contributed by atoms with Crippen LogP contribution in [0.5, 0.6) is 0 Å². The van der Waals surface area contributed by atoms with Crippen molar-refractivity contribution >= 4 is 5.91 Å². The Labute approximate surface area is 143 Å². The Kier molecular flexibility index (Phi) is 6.21. The minimum absolute atomic E-state index is 0.188. The highest BCUT2D eigenvalue weighted by Crippen LogP contribution is 2.24. The van der Waals surface area contributed by atoms with Crippen molar-refractivity contribution in [1.82, 2.24) is 9.80 Å². The molecule has 0 atom stereocenters. The maximum absolute atomic E-state index is 13.1. The summed E-state index contributed by atoms with van der Waals surface area (Å²) in [5.41, 5.74) is 0.998. The summed E-state index contributed by atoms with van der Waals surface area (Å²) in [7, 11) is 0. The SMILES string of the molecule is O=C(CN1CCOCC1)N(Cc1ccc(F)cc1)C1CCCCC1. The third-order valence-corrected chi connectivity index (χ3v) is 5.06. The Balaban J connectivity index is 1.67. The number of morpholine rings is 1. The number of carbonyl (C=O) groups is 1. The van der Waals surface area contributed by atoms with Crippen LogP contribution in [0.4, 0.5) is 4.39 Å². The summed E-state index contributed by atoms with van der Waals surface area (Å²) >= 11 is 0. The fraction of sp³-hybridized carbons (Fsp3) is 0.632. The molecule has 0 aromatic heterocycles. The molecule has 2 aliphatic rings. The second-order valence-corrected chi connectivity index (χ2v) is 6.83. The fourth-order valence-corrected chi connectivity index (χ4v) is 3.64. The lowest BCUT2D eigenvalue weighted by Crippen LogP contribution is -2.48. The van der Waals surface area contributed by atoms with Gasteiger partial charge in [-0.25, -0.2) is 4.39 Å². The zero-order valence-electron chi connectivity index (χ0n) is 14.3. The van der Waals surface area contributed by atoms with E-state index in [4.69, 9.17) is 4.74 Å². The predicted molar refractivity (Wildman–Crippen MR) is 91.1 cm³/mol. The first-order valence-corrected chi connectivity index (χ1v) is 9.06. The van der Waals surface area contributed by atoms with Crippen LogP contribution < -0.4 is 0 Å². The number of amides is 1. The second-order valence-electron chi connectivity index (χ2n) is 6.83. The standard InChI is InChI=1S/C19H27FN2O2/c20-17-8-6-16(7-9-17)14-22(18-4-2-1-3-5-18)19(23)15-21-10-12-24-13-11-21/h6-9,18H,1-5,10-15H2. The van der Waals surface area contributed by atoms with E-state index >= 15 is 0 Å². The largest absolute Gasteiger partial charge is 0.379 e. The summed E-state index contributed by atoms with van der Waals surface area (Å²) in [6.45, 7) is 4.08. The number of carbonyl (C=O) groups excluding carboxylic acids is 1. The van der Waals surface area contributed by atoms with Crippen molar-refractivity contribution in [3.05, 3.63) is 35.6 Å². The number of hydrogen-bond donors (Lipinski definition) is 0. The molecule has 0 unspecified atom stereocenters. The number of rotatable bonds is 5. The quantitative estimate of drug-likeness (QED) is 0.830. The van der Waals surface area contributed by atoms with Gasteiger partial charge in [0.25, 0.3) is 0 Å². The lowest BCUT2D eigenvalue weighted by molar-refractivity contribution is -0.137. The predicted octanol–water partition coefficient (Wildman–Crippen LogP) is 2.82. The monoisotopic (exact) mass is 334 g/mol. The second kappa shape index (κ2) is 8.58. The summed E-state index contributed by atoms with van der Waals surface area (Å²) in [4.78, 5) is 17.2. The van der Waals surface area contributed by atoms with Gasteiger partial charge in [-0.05, 0) is 30.5 Å². The fourth-order valence-electron chi connectivity index (χ4n) is 3.64. The van der Waals surface area contributed by atoms with Crippen molar-refractivity contribution in [2.24, 2.45) is 0 Å². The van der Waals surface area contributed by atoms with E-state index in [0.717, 1.165) is 31.5 Å². The summed E-state index contributed by atoms with van der Waals surface area (Å²) in [5.74, 6) is -0.0456. The van der Waals surface area contributed by atoms with Gasteiger partial charge in [0.05, 0.1) is 19.8 Å². The molecule has 2 fully saturated rings. The Morgan fingerprint density at radius 1 is 1.12 bits per heavy atom. The van der Waals surface area contributed by atoms with Crippen LogP contribution in [-0.4, -0.2) is 54.6 Å². The Bertz CT molecular complexity index is 523. The van der Waals surface area contributed by atoms with Gasteiger partial charge in [-0.3, -0.25) is 9.69 Å². The van der Waals surface area contributed by atoms with Crippen LogP contribution in [0.2, 0.25) is 0 Å². The number of ether oxygens (including phenoxy) is 1. The van der Waals surface area contributed by atoms with Gasteiger partial charge in [0.1, 0.15) is 5.82 Å². The van der Waals surface area contributed by atoms with Crippen molar-refractivity contribution in [1.29, 1.82) is 0 Å². The zero-order chi connectivity index (χ0) is 16.8. The molecule has 5 heteroatoms. The number of hydrogen-bond acceptors (Lipinski definition) is 3. The summed E-state index contributed by atoms with van der Waals surface area (Å²) in [6, 6.07) is 6.83. The molecule has 0 radical (unpaired) electrons. The van der Waals surface area contributed by atoms with Crippen LogP contribution in [0, 0.1) is 5.82 Å². The summed E-state index contributed by atoms with van der Waals surface area (Å²) in [6.07, 6.45) is 5.80. The average Bonchev–Trinajstić information content (AvgIpc) is 2.63.